The predicted octanol–water partition coefficient (Wildman–Crippen LogP) is 1.91. The molecule has 0 amide bonds. The van der Waals surface area contributed by atoms with Gasteiger partial charge in [-0.15, -0.1) is 0 Å². The van der Waals surface area contributed by atoms with Crippen molar-refractivity contribution in [2.45, 2.75) is 31.4 Å². The van der Waals surface area contributed by atoms with Crippen LogP contribution >= 0.6 is 0 Å². The van der Waals surface area contributed by atoms with Crippen LogP contribution in [0.1, 0.15) is 30.9 Å². The van der Waals surface area contributed by atoms with Crippen LogP contribution in [0.25, 0.3) is 0 Å². The van der Waals surface area contributed by atoms with Gasteiger partial charge in [-0.3, -0.25) is 11.3 Å². The van der Waals surface area contributed by atoms with Gasteiger partial charge in [-0.2, -0.15) is 0 Å². The summed E-state index contributed by atoms with van der Waals surface area (Å²) in [5, 5.41) is 0. The van der Waals surface area contributed by atoms with Crippen LogP contribution < -0.4 is 16.0 Å². The number of ether oxygens (including phenoxy) is 2. The van der Waals surface area contributed by atoms with E-state index in [1.807, 2.05) is 0 Å². The standard InChI is InChI=1S/C13H19FN2O2/c1-17-9-5-6-10(11(14)8-9)13(16-15)12-4-2-3-7-18-12/h5-6,8,12-13,16H,2-4,7,15H2,1H3. The molecule has 0 aromatic heterocycles. The average Bonchev–Trinajstić information content (AvgIpc) is 2.42. The van der Waals surface area contributed by atoms with Gasteiger partial charge >= 0.3 is 0 Å². The zero-order valence-electron chi connectivity index (χ0n) is 10.5. The molecule has 1 heterocycles. The number of methoxy groups -OCH3 is 1. The lowest BCUT2D eigenvalue weighted by Crippen LogP contribution is -2.40. The smallest absolute Gasteiger partial charge is 0.131 e. The lowest BCUT2D eigenvalue weighted by Gasteiger charge is -2.30. The highest BCUT2D eigenvalue weighted by Gasteiger charge is 2.27. The maximum atomic E-state index is 14.0. The number of benzene rings is 1. The number of rotatable bonds is 4. The van der Waals surface area contributed by atoms with Crippen LogP contribution in [0.4, 0.5) is 4.39 Å². The van der Waals surface area contributed by atoms with Crippen molar-refractivity contribution >= 4 is 0 Å². The Kier molecular flexibility index (Phi) is 4.52. The van der Waals surface area contributed by atoms with Crippen LogP contribution in [0.5, 0.6) is 5.75 Å². The Hall–Kier alpha value is -1.17. The third-order valence-corrected chi connectivity index (χ3v) is 3.31. The average molecular weight is 254 g/mol. The quantitative estimate of drug-likeness (QED) is 0.636. The van der Waals surface area contributed by atoms with Gasteiger partial charge in [0.25, 0.3) is 0 Å². The Labute approximate surface area is 106 Å². The molecule has 0 aliphatic carbocycles. The van der Waals surface area contributed by atoms with E-state index in [0.717, 1.165) is 19.3 Å². The summed E-state index contributed by atoms with van der Waals surface area (Å²) in [4.78, 5) is 0. The molecule has 0 bridgehead atoms. The molecule has 100 valence electrons. The van der Waals surface area contributed by atoms with Gasteiger partial charge in [-0.25, -0.2) is 4.39 Å². The second-order valence-corrected chi connectivity index (χ2v) is 4.44. The van der Waals surface area contributed by atoms with Crippen molar-refractivity contribution in [2.75, 3.05) is 13.7 Å². The highest BCUT2D eigenvalue weighted by atomic mass is 19.1. The van der Waals surface area contributed by atoms with E-state index in [2.05, 4.69) is 5.43 Å². The van der Waals surface area contributed by atoms with Gasteiger partial charge in [0.15, 0.2) is 0 Å². The fraction of sp³-hybridized carbons (Fsp3) is 0.538. The van der Waals surface area contributed by atoms with E-state index in [4.69, 9.17) is 15.3 Å². The van der Waals surface area contributed by atoms with Gasteiger partial charge in [0.05, 0.1) is 19.3 Å². The first-order valence-corrected chi connectivity index (χ1v) is 6.17. The van der Waals surface area contributed by atoms with E-state index < -0.39 is 0 Å². The van der Waals surface area contributed by atoms with Crippen LogP contribution in [0, 0.1) is 5.82 Å². The molecule has 1 aromatic rings. The van der Waals surface area contributed by atoms with E-state index >= 15 is 0 Å². The summed E-state index contributed by atoms with van der Waals surface area (Å²) < 4.78 is 24.6. The molecule has 3 N–H and O–H groups in total. The highest BCUT2D eigenvalue weighted by Crippen LogP contribution is 2.29. The van der Waals surface area contributed by atoms with E-state index in [-0.39, 0.29) is 18.0 Å². The van der Waals surface area contributed by atoms with Crippen LogP contribution in [0.2, 0.25) is 0 Å². The number of halogens is 1. The first-order chi connectivity index (χ1) is 8.76. The Morgan fingerprint density at radius 1 is 1.50 bits per heavy atom. The van der Waals surface area contributed by atoms with E-state index in [9.17, 15) is 4.39 Å². The first-order valence-electron chi connectivity index (χ1n) is 6.17. The topological polar surface area (TPSA) is 56.5 Å². The summed E-state index contributed by atoms with van der Waals surface area (Å²) in [6.07, 6.45) is 2.95. The van der Waals surface area contributed by atoms with E-state index in [1.54, 1.807) is 12.1 Å². The minimum absolute atomic E-state index is 0.0772. The molecule has 2 unspecified atom stereocenters. The highest BCUT2D eigenvalue weighted by molar-refractivity contribution is 5.31. The lowest BCUT2D eigenvalue weighted by molar-refractivity contribution is -0.00894. The Balaban J connectivity index is 2.20. The van der Waals surface area contributed by atoms with Gasteiger partial charge < -0.3 is 9.47 Å². The molecule has 1 saturated heterocycles. The number of nitrogens with one attached hydrogen (secondary N) is 1. The number of hydrogen-bond acceptors (Lipinski definition) is 4. The zero-order chi connectivity index (χ0) is 13.0. The molecule has 0 saturated carbocycles. The largest absolute Gasteiger partial charge is 0.497 e. The summed E-state index contributed by atoms with van der Waals surface area (Å²) in [5.41, 5.74) is 3.18. The second-order valence-electron chi connectivity index (χ2n) is 4.44. The Morgan fingerprint density at radius 2 is 2.33 bits per heavy atom. The molecule has 1 aromatic carbocycles. The zero-order valence-corrected chi connectivity index (χ0v) is 10.5. The third-order valence-electron chi connectivity index (χ3n) is 3.31. The molecule has 4 nitrogen and oxygen atoms in total. The summed E-state index contributed by atoms with van der Waals surface area (Å²) >= 11 is 0. The molecule has 0 spiro atoms. The fourth-order valence-corrected chi connectivity index (χ4v) is 2.31. The van der Waals surface area contributed by atoms with Crippen LogP contribution in [-0.4, -0.2) is 19.8 Å². The molecule has 5 heteroatoms. The molecule has 1 aliphatic heterocycles. The summed E-state index contributed by atoms with van der Waals surface area (Å²) in [7, 11) is 1.51. The van der Waals surface area contributed by atoms with Crippen molar-refractivity contribution in [1.29, 1.82) is 0 Å². The van der Waals surface area contributed by atoms with Crippen molar-refractivity contribution in [3.63, 3.8) is 0 Å². The van der Waals surface area contributed by atoms with Crippen molar-refractivity contribution in [3.8, 4) is 5.75 Å². The van der Waals surface area contributed by atoms with E-state index in [1.165, 1.54) is 13.2 Å². The minimum Gasteiger partial charge on any atom is -0.497 e. The molecule has 2 rings (SSSR count). The molecular formula is C13H19FN2O2. The second kappa shape index (κ2) is 6.13. The Bertz CT molecular complexity index is 395. The molecule has 2 atom stereocenters. The van der Waals surface area contributed by atoms with Gasteiger partial charge in [0.1, 0.15) is 11.6 Å². The summed E-state index contributed by atoms with van der Waals surface area (Å²) in [6, 6.07) is 4.46. The van der Waals surface area contributed by atoms with Gasteiger partial charge in [0.2, 0.25) is 0 Å². The lowest BCUT2D eigenvalue weighted by atomic mass is 9.96. The first kappa shape index (κ1) is 13.3. The number of hydrazine groups is 1. The predicted molar refractivity (Wildman–Crippen MR) is 66.6 cm³/mol. The Morgan fingerprint density at radius 3 is 2.89 bits per heavy atom. The van der Waals surface area contributed by atoms with Crippen LogP contribution in [0.3, 0.4) is 0 Å². The molecule has 1 aliphatic rings. The third kappa shape index (κ3) is 2.80. The van der Waals surface area contributed by atoms with E-state index in [0.29, 0.717) is 17.9 Å². The minimum atomic E-state index is -0.327. The van der Waals surface area contributed by atoms with Crippen molar-refractivity contribution in [1.82, 2.24) is 5.43 Å². The molecule has 18 heavy (non-hydrogen) atoms. The van der Waals surface area contributed by atoms with Crippen LogP contribution in [0.15, 0.2) is 18.2 Å². The normalized spacial score (nSPS) is 21.6. The maximum Gasteiger partial charge on any atom is 0.131 e. The molecule has 1 fully saturated rings. The fourth-order valence-electron chi connectivity index (χ4n) is 2.31. The molecular weight excluding hydrogens is 235 g/mol. The summed E-state index contributed by atoms with van der Waals surface area (Å²) in [5.74, 6) is 5.72. The van der Waals surface area contributed by atoms with Gasteiger partial charge in [0, 0.05) is 18.2 Å². The van der Waals surface area contributed by atoms with Gasteiger partial charge in [-0.05, 0) is 25.3 Å². The van der Waals surface area contributed by atoms with Crippen molar-refractivity contribution in [2.24, 2.45) is 5.84 Å². The summed E-state index contributed by atoms with van der Waals surface area (Å²) in [6.45, 7) is 0.709. The van der Waals surface area contributed by atoms with Crippen molar-refractivity contribution in [3.05, 3.63) is 29.6 Å². The monoisotopic (exact) mass is 254 g/mol. The van der Waals surface area contributed by atoms with Crippen molar-refractivity contribution < 1.29 is 13.9 Å². The molecule has 0 radical (unpaired) electrons. The number of hydrogen-bond donors (Lipinski definition) is 2. The maximum absolute atomic E-state index is 14.0. The van der Waals surface area contributed by atoms with Crippen LogP contribution in [-0.2, 0) is 4.74 Å². The number of nitrogens with two attached hydrogens (primary N) is 1. The SMILES string of the molecule is COc1ccc(C(NN)C2CCCCO2)c(F)c1. The van der Waals surface area contributed by atoms with Gasteiger partial charge in [-0.1, -0.05) is 6.07 Å².